The topological polar surface area (TPSA) is 91.7 Å². The molecule has 0 aromatic heterocycles. The lowest BCUT2D eigenvalue weighted by Gasteiger charge is -2.03. The van der Waals surface area contributed by atoms with E-state index in [1.165, 1.54) is 0 Å². The van der Waals surface area contributed by atoms with E-state index in [-0.39, 0.29) is 11.6 Å². The fourth-order valence-electron chi connectivity index (χ4n) is 3.20. The molecule has 0 radical (unpaired) electrons. The molecule has 34 heavy (non-hydrogen) atoms. The average Bonchev–Trinajstić information content (AvgIpc) is 2.88. The maximum absolute atomic E-state index is 12.5. The van der Waals surface area contributed by atoms with Gasteiger partial charge in [-0.15, -0.1) is 9.79 Å². The van der Waals surface area contributed by atoms with Gasteiger partial charge in [0.2, 0.25) is 0 Å². The molecule has 0 unspecified atom stereocenters. The smallest absolute Gasteiger partial charge is 0.289 e. The van der Waals surface area contributed by atoms with Crippen LogP contribution in [0.1, 0.15) is 43.0 Å². The minimum atomic E-state index is -2.87. The number of ketones is 2. The van der Waals surface area contributed by atoms with E-state index in [0.717, 1.165) is 11.1 Å². The number of hydrogen-bond acceptors (Lipinski definition) is 3. The Morgan fingerprint density at radius 2 is 0.765 bits per heavy atom. The van der Waals surface area contributed by atoms with E-state index < -0.39 is 8.25 Å². The van der Waals surface area contributed by atoms with Gasteiger partial charge in [-0.05, 0) is 11.1 Å². The molecule has 0 heterocycles. The lowest BCUT2D eigenvalue weighted by molar-refractivity contribution is 0.103. The molecule has 5 nitrogen and oxygen atoms in total. The van der Waals surface area contributed by atoms with Crippen molar-refractivity contribution in [2.45, 2.75) is 0 Å². The SMILES string of the molecule is O=C(c1ccccc1)c1ccc(/C=C/c2ccc(C(=O)c3ccccc3)cc2)cc1.O=[P+](O)O. The van der Waals surface area contributed by atoms with Crippen molar-refractivity contribution in [3.8, 4) is 0 Å². The third-order valence-corrected chi connectivity index (χ3v) is 4.89. The van der Waals surface area contributed by atoms with Gasteiger partial charge in [-0.25, -0.2) is 0 Å². The molecule has 0 saturated carbocycles. The second-order valence-corrected chi connectivity index (χ2v) is 7.73. The van der Waals surface area contributed by atoms with Crippen LogP contribution in [0.2, 0.25) is 0 Å². The average molecular weight is 469 g/mol. The summed E-state index contributed by atoms with van der Waals surface area (Å²) in [4.78, 5) is 39.2. The predicted molar refractivity (Wildman–Crippen MR) is 134 cm³/mol. The molecular formula is C28H22O5P+. The van der Waals surface area contributed by atoms with Gasteiger partial charge in [0.25, 0.3) is 0 Å². The summed E-state index contributed by atoms with van der Waals surface area (Å²) in [6, 6.07) is 33.6. The maximum atomic E-state index is 12.5. The molecule has 0 aliphatic carbocycles. The molecule has 0 saturated heterocycles. The lowest BCUT2D eigenvalue weighted by atomic mass is 10.0. The summed E-state index contributed by atoms with van der Waals surface area (Å²) < 4.78 is 8.70. The van der Waals surface area contributed by atoms with Crippen molar-refractivity contribution in [1.82, 2.24) is 0 Å². The molecule has 0 bridgehead atoms. The van der Waals surface area contributed by atoms with E-state index in [1.54, 1.807) is 0 Å². The number of carbonyl (C=O) groups excluding carboxylic acids is 2. The largest absolute Gasteiger partial charge is 0.692 e. The van der Waals surface area contributed by atoms with Crippen molar-refractivity contribution in [1.29, 1.82) is 0 Å². The number of benzene rings is 4. The van der Waals surface area contributed by atoms with Crippen LogP contribution in [0.3, 0.4) is 0 Å². The van der Waals surface area contributed by atoms with Crippen molar-refractivity contribution >= 4 is 32.0 Å². The normalized spacial score (nSPS) is 10.3. The van der Waals surface area contributed by atoms with Gasteiger partial charge in [-0.1, -0.05) is 121 Å². The second kappa shape index (κ2) is 12.3. The van der Waals surface area contributed by atoms with Crippen molar-refractivity contribution < 1.29 is 23.9 Å². The molecule has 4 aromatic carbocycles. The molecule has 0 spiro atoms. The van der Waals surface area contributed by atoms with E-state index >= 15 is 0 Å². The standard InChI is InChI=1S/C28H20O2.HO3P/c29-27(23-7-3-1-4-8-23)25-17-13-21(14-18-25)11-12-22-15-19-26(20-16-22)28(30)24-9-5-2-6-10-24;1-4(2)3/h1-20H;(H-,1,2,3)/p+1/b12-11+;. The Labute approximate surface area is 198 Å². The van der Waals surface area contributed by atoms with Gasteiger partial charge in [-0.3, -0.25) is 9.59 Å². The van der Waals surface area contributed by atoms with Crippen LogP contribution >= 0.6 is 8.25 Å². The first-order chi connectivity index (χ1) is 16.4. The van der Waals surface area contributed by atoms with E-state index in [0.29, 0.717) is 22.3 Å². The first-order valence-electron chi connectivity index (χ1n) is 10.4. The second-order valence-electron chi connectivity index (χ2n) is 7.22. The zero-order valence-corrected chi connectivity index (χ0v) is 19.0. The Hall–Kier alpha value is -4.02. The molecule has 0 aliphatic rings. The van der Waals surface area contributed by atoms with Crippen LogP contribution in [0.5, 0.6) is 0 Å². The minimum Gasteiger partial charge on any atom is -0.289 e. The zero-order valence-electron chi connectivity index (χ0n) is 18.1. The van der Waals surface area contributed by atoms with E-state index in [9.17, 15) is 9.59 Å². The maximum Gasteiger partial charge on any atom is 0.692 e. The minimum absolute atomic E-state index is 0.0183. The van der Waals surface area contributed by atoms with Crippen LogP contribution in [0.4, 0.5) is 0 Å². The highest BCUT2D eigenvalue weighted by molar-refractivity contribution is 7.30. The van der Waals surface area contributed by atoms with Gasteiger partial charge in [0.15, 0.2) is 11.6 Å². The summed E-state index contributed by atoms with van der Waals surface area (Å²) in [6.07, 6.45) is 3.98. The lowest BCUT2D eigenvalue weighted by Crippen LogP contribution is -2.00. The van der Waals surface area contributed by atoms with Crippen molar-refractivity contribution in [3.63, 3.8) is 0 Å². The molecule has 6 heteroatoms. The third kappa shape index (κ3) is 7.26. The van der Waals surface area contributed by atoms with Crippen molar-refractivity contribution in [3.05, 3.63) is 143 Å². The fourth-order valence-corrected chi connectivity index (χ4v) is 3.20. The molecule has 0 amide bonds. The van der Waals surface area contributed by atoms with E-state index in [4.69, 9.17) is 14.4 Å². The Balaban J connectivity index is 0.000000751. The zero-order chi connectivity index (χ0) is 24.3. The quantitative estimate of drug-likeness (QED) is 0.207. The third-order valence-electron chi connectivity index (χ3n) is 4.89. The van der Waals surface area contributed by atoms with Gasteiger partial charge in [-0.2, -0.15) is 0 Å². The molecule has 168 valence electrons. The van der Waals surface area contributed by atoms with Gasteiger partial charge < -0.3 is 0 Å². The molecular weight excluding hydrogens is 447 g/mol. The molecule has 4 aromatic rings. The fraction of sp³-hybridized carbons (Fsp3) is 0. The first-order valence-corrected chi connectivity index (χ1v) is 11.5. The van der Waals surface area contributed by atoms with Crippen LogP contribution in [-0.4, -0.2) is 21.4 Å². The van der Waals surface area contributed by atoms with Crippen molar-refractivity contribution in [2.24, 2.45) is 0 Å². The first kappa shape index (κ1) is 24.6. The van der Waals surface area contributed by atoms with Crippen LogP contribution in [0.25, 0.3) is 12.2 Å². The summed E-state index contributed by atoms with van der Waals surface area (Å²) in [6.45, 7) is 0. The summed E-state index contributed by atoms with van der Waals surface area (Å²) in [5.41, 5.74) is 4.72. The van der Waals surface area contributed by atoms with Crippen LogP contribution in [0.15, 0.2) is 109 Å². The van der Waals surface area contributed by atoms with Gasteiger partial charge in [0.1, 0.15) is 0 Å². The summed E-state index contributed by atoms with van der Waals surface area (Å²) >= 11 is 0. The predicted octanol–water partition coefficient (Wildman–Crippen LogP) is 5.95. The molecule has 0 fully saturated rings. The summed E-state index contributed by atoms with van der Waals surface area (Å²) in [5.74, 6) is 0.0367. The number of hydrogen-bond donors (Lipinski definition) is 2. The molecule has 0 aliphatic heterocycles. The van der Waals surface area contributed by atoms with Gasteiger partial charge in [0, 0.05) is 26.8 Å². The van der Waals surface area contributed by atoms with Crippen LogP contribution < -0.4 is 0 Å². The molecule has 2 N–H and O–H groups in total. The van der Waals surface area contributed by atoms with Gasteiger partial charge in [0.05, 0.1) is 0 Å². The molecule has 4 rings (SSSR count). The number of rotatable bonds is 6. The van der Waals surface area contributed by atoms with E-state index in [2.05, 4.69) is 0 Å². The molecule has 0 atom stereocenters. The monoisotopic (exact) mass is 469 g/mol. The summed E-state index contributed by atoms with van der Waals surface area (Å²) in [7, 11) is -2.87. The Kier molecular flexibility index (Phi) is 8.89. The highest BCUT2D eigenvalue weighted by Gasteiger charge is 2.08. The highest BCUT2D eigenvalue weighted by Crippen LogP contribution is 2.15. The van der Waals surface area contributed by atoms with Crippen LogP contribution in [0, 0.1) is 0 Å². The Bertz CT molecular complexity index is 1180. The van der Waals surface area contributed by atoms with E-state index in [1.807, 2.05) is 121 Å². The van der Waals surface area contributed by atoms with Gasteiger partial charge >= 0.3 is 8.25 Å². The highest BCUT2D eigenvalue weighted by atomic mass is 31.1. The Morgan fingerprint density at radius 1 is 0.500 bits per heavy atom. The van der Waals surface area contributed by atoms with Crippen LogP contribution in [-0.2, 0) is 4.57 Å². The summed E-state index contributed by atoms with van der Waals surface area (Å²) in [5, 5.41) is 0. The Morgan fingerprint density at radius 3 is 1.06 bits per heavy atom. The number of carbonyl (C=O) groups is 2. The van der Waals surface area contributed by atoms with Crippen molar-refractivity contribution in [2.75, 3.05) is 0 Å².